The highest BCUT2D eigenvalue weighted by Crippen LogP contribution is 2.08. The summed E-state index contributed by atoms with van der Waals surface area (Å²) in [7, 11) is 4.32. The van der Waals surface area contributed by atoms with Crippen molar-refractivity contribution in [1.29, 1.82) is 0 Å². The Morgan fingerprint density at radius 1 is 0.619 bits per heavy atom. The van der Waals surface area contributed by atoms with E-state index in [1.54, 1.807) is 0 Å². The molecule has 0 aromatic rings. The van der Waals surface area contributed by atoms with E-state index < -0.39 is 0 Å². The van der Waals surface area contributed by atoms with Crippen LogP contribution in [0.2, 0.25) is 0 Å². The van der Waals surface area contributed by atoms with Gasteiger partial charge in [-0.25, -0.2) is 0 Å². The molecule has 0 amide bonds. The highest BCUT2D eigenvalue weighted by molar-refractivity contribution is 4.92. The lowest BCUT2D eigenvalue weighted by Crippen LogP contribution is -2.12. The van der Waals surface area contributed by atoms with Gasteiger partial charge in [-0.05, 0) is 59.2 Å². The molecule has 0 heterocycles. The van der Waals surface area contributed by atoms with Crippen LogP contribution in [0.15, 0.2) is 24.3 Å². The Morgan fingerprint density at radius 3 is 1.71 bits per heavy atom. The summed E-state index contributed by atoms with van der Waals surface area (Å²) < 4.78 is 0. The molecular weight excluding hydrogens is 254 g/mol. The fraction of sp³-hybridized carbons (Fsp3) is 0.800. The van der Waals surface area contributed by atoms with E-state index >= 15 is 0 Å². The largest absolute Gasteiger partial charge is 0.309 e. The van der Waals surface area contributed by atoms with Crippen LogP contribution in [0, 0.1) is 0 Å². The molecule has 0 bridgehead atoms. The highest BCUT2D eigenvalue weighted by atomic mass is 15.0. The van der Waals surface area contributed by atoms with Gasteiger partial charge in [0.2, 0.25) is 0 Å². The highest BCUT2D eigenvalue weighted by Gasteiger charge is 1.92. The van der Waals surface area contributed by atoms with Gasteiger partial charge in [0, 0.05) is 0 Å². The predicted octanol–water partition coefficient (Wildman–Crippen LogP) is 6.36. The molecule has 21 heavy (non-hydrogen) atoms. The zero-order valence-electron chi connectivity index (χ0n) is 14.9. The molecule has 0 saturated heterocycles. The molecule has 0 rings (SSSR count). The molecule has 1 nitrogen and oxygen atoms in total. The van der Waals surface area contributed by atoms with E-state index in [1.165, 1.54) is 77.2 Å². The summed E-state index contributed by atoms with van der Waals surface area (Å²) >= 11 is 0. The zero-order chi connectivity index (χ0) is 15.6. The minimum atomic E-state index is 1.12. The van der Waals surface area contributed by atoms with Crippen LogP contribution in [-0.4, -0.2) is 25.5 Å². The fourth-order valence-corrected chi connectivity index (χ4v) is 2.42. The number of hydrogen-bond acceptors (Lipinski definition) is 1. The average Bonchev–Trinajstić information content (AvgIpc) is 2.46. The van der Waals surface area contributed by atoms with Gasteiger partial charge in [0.25, 0.3) is 0 Å². The Hall–Kier alpha value is -0.560. The molecule has 0 aliphatic rings. The third-order valence-corrected chi connectivity index (χ3v) is 3.81. The van der Waals surface area contributed by atoms with Gasteiger partial charge in [-0.3, -0.25) is 0 Å². The Kier molecular flexibility index (Phi) is 17.0. The molecule has 0 saturated carbocycles. The van der Waals surface area contributed by atoms with Crippen molar-refractivity contribution in [1.82, 2.24) is 4.90 Å². The summed E-state index contributed by atoms with van der Waals surface area (Å²) in [6, 6.07) is 0. The number of nitrogens with zero attached hydrogens (tertiary/aromatic N) is 1. The zero-order valence-corrected chi connectivity index (χ0v) is 14.9. The molecule has 0 aliphatic carbocycles. The van der Waals surface area contributed by atoms with Crippen molar-refractivity contribution in [3.8, 4) is 0 Å². The van der Waals surface area contributed by atoms with E-state index in [-0.39, 0.29) is 0 Å². The normalized spacial score (nSPS) is 12.2. The van der Waals surface area contributed by atoms with Crippen LogP contribution in [0.3, 0.4) is 0 Å². The third-order valence-electron chi connectivity index (χ3n) is 3.81. The second-order valence-electron chi connectivity index (χ2n) is 6.39. The lowest BCUT2D eigenvalue weighted by atomic mass is 10.1. The number of allylic oxidation sites excluding steroid dienone is 4. The molecule has 0 aliphatic heterocycles. The van der Waals surface area contributed by atoms with Gasteiger partial charge in [0.15, 0.2) is 0 Å². The number of unbranched alkanes of at least 4 members (excludes halogenated alkanes) is 9. The number of hydrogen-bond donors (Lipinski definition) is 0. The van der Waals surface area contributed by atoms with Gasteiger partial charge in [-0.1, -0.05) is 69.8 Å². The summed E-state index contributed by atoms with van der Waals surface area (Å²) in [5.41, 5.74) is 0. The lowest BCUT2D eigenvalue weighted by molar-refractivity contribution is 0.389. The minimum absolute atomic E-state index is 1.12. The quantitative estimate of drug-likeness (QED) is 0.251. The third kappa shape index (κ3) is 19.4. The maximum absolute atomic E-state index is 2.36. The Labute approximate surface area is 134 Å². The van der Waals surface area contributed by atoms with Crippen LogP contribution in [0.5, 0.6) is 0 Å². The summed E-state index contributed by atoms with van der Waals surface area (Å²) in [6.45, 7) is 3.50. The molecule has 1 heteroatoms. The summed E-state index contributed by atoms with van der Waals surface area (Å²) in [5.74, 6) is 0. The van der Waals surface area contributed by atoms with E-state index in [0.717, 1.165) is 6.42 Å². The van der Waals surface area contributed by atoms with Crippen molar-refractivity contribution >= 4 is 0 Å². The predicted molar refractivity (Wildman–Crippen MR) is 97.9 cm³/mol. The van der Waals surface area contributed by atoms with Gasteiger partial charge in [-0.15, -0.1) is 0 Å². The first kappa shape index (κ1) is 20.4. The van der Waals surface area contributed by atoms with Crippen molar-refractivity contribution in [3.63, 3.8) is 0 Å². The van der Waals surface area contributed by atoms with Gasteiger partial charge in [0.05, 0.1) is 0 Å². The van der Waals surface area contributed by atoms with E-state index in [4.69, 9.17) is 0 Å². The molecule has 0 unspecified atom stereocenters. The van der Waals surface area contributed by atoms with Crippen molar-refractivity contribution in [2.45, 2.75) is 84.0 Å². The van der Waals surface area contributed by atoms with E-state index in [9.17, 15) is 0 Å². The topological polar surface area (TPSA) is 3.24 Å². The first-order chi connectivity index (χ1) is 10.3. The number of rotatable bonds is 15. The Bertz CT molecular complexity index is 240. The van der Waals surface area contributed by atoms with Gasteiger partial charge in [-0.2, -0.15) is 0 Å². The van der Waals surface area contributed by atoms with Gasteiger partial charge in [0.1, 0.15) is 0 Å². The molecule has 124 valence electrons. The Balaban J connectivity index is 3.15. The summed E-state index contributed by atoms with van der Waals surface area (Å²) in [4.78, 5) is 2.28. The lowest BCUT2D eigenvalue weighted by Gasteiger charge is -2.08. The summed E-state index contributed by atoms with van der Waals surface area (Å²) in [5, 5.41) is 0. The maximum atomic E-state index is 2.36. The molecule has 0 spiro atoms. The van der Waals surface area contributed by atoms with Crippen LogP contribution >= 0.6 is 0 Å². The smallest absolute Gasteiger partial charge is 0.00248 e. The first-order valence-electron chi connectivity index (χ1n) is 9.22. The van der Waals surface area contributed by atoms with Crippen LogP contribution in [0.25, 0.3) is 0 Å². The molecular formula is C20H39N. The van der Waals surface area contributed by atoms with Crippen molar-refractivity contribution in [2.24, 2.45) is 0 Å². The van der Waals surface area contributed by atoms with Crippen LogP contribution < -0.4 is 0 Å². The second-order valence-corrected chi connectivity index (χ2v) is 6.39. The standard InChI is InChI=1S/C20H39N/c1-4-5-6-7-8-9-10-11-12-13-14-15-16-17-18-19-20-21(2)3/h8-9,11-12H,4-7,10,13-20H2,1-3H3. The molecule has 0 N–H and O–H groups in total. The van der Waals surface area contributed by atoms with E-state index in [1.807, 2.05) is 0 Å². The van der Waals surface area contributed by atoms with Crippen molar-refractivity contribution in [2.75, 3.05) is 20.6 Å². The molecule has 0 atom stereocenters. The fourth-order valence-electron chi connectivity index (χ4n) is 2.42. The van der Waals surface area contributed by atoms with Gasteiger partial charge < -0.3 is 4.90 Å². The van der Waals surface area contributed by atoms with E-state index in [2.05, 4.69) is 50.2 Å². The maximum Gasteiger partial charge on any atom is -0.00248 e. The average molecular weight is 294 g/mol. The summed E-state index contributed by atoms with van der Waals surface area (Å²) in [6.07, 6.45) is 25.4. The monoisotopic (exact) mass is 293 g/mol. The van der Waals surface area contributed by atoms with Crippen molar-refractivity contribution < 1.29 is 0 Å². The SMILES string of the molecule is CCCCCC=CCC=CCCCCCCCCN(C)C. The molecule has 0 aromatic heterocycles. The van der Waals surface area contributed by atoms with E-state index in [0.29, 0.717) is 0 Å². The first-order valence-corrected chi connectivity index (χ1v) is 9.22. The molecule has 0 fully saturated rings. The van der Waals surface area contributed by atoms with Crippen LogP contribution in [0.1, 0.15) is 84.0 Å². The van der Waals surface area contributed by atoms with Gasteiger partial charge >= 0.3 is 0 Å². The van der Waals surface area contributed by atoms with Crippen molar-refractivity contribution in [3.05, 3.63) is 24.3 Å². The Morgan fingerprint density at radius 2 is 1.14 bits per heavy atom. The molecule has 0 aromatic carbocycles. The van der Waals surface area contributed by atoms with Crippen LogP contribution in [0.4, 0.5) is 0 Å². The van der Waals surface area contributed by atoms with Crippen LogP contribution in [-0.2, 0) is 0 Å². The minimum Gasteiger partial charge on any atom is -0.309 e. The molecule has 0 radical (unpaired) electrons. The second kappa shape index (κ2) is 17.5.